The van der Waals surface area contributed by atoms with Crippen molar-refractivity contribution in [2.24, 2.45) is 0 Å². The fraction of sp³-hybridized carbons (Fsp3) is 0.467. The molecule has 0 spiro atoms. The Morgan fingerprint density at radius 2 is 1.86 bits per heavy atom. The lowest BCUT2D eigenvalue weighted by molar-refractivity contribution is 0.271. The van der Waals surface area contributed by atoms with E-state index in [0.717, 1.165) is 11.8 Å². The maximum Gasteiger partial charge on any atom is 0.205 e. The summed E-state index contributed by atoms with van der Waals surface area (Å²) in [4.78, 5) is 8.55. The second-order valence-electron chi connectivity index (χ2n) is 4.70. The molecular formula is C15H21N3O4. The molecule has 1 aromatic heterocycles. The molecule has 7 heteroatoms. The molecule has 1 atom stereocenters. The van der Waals surface area contributed by atoms with Gasteiger partial charge in [-0.25, -0.2) is 9.97 Å². The first-order valence-corrected chi connectivity index (χ1v) is 7.01. The summed E-state index contributed by atoms with van der Waals surface area (Å²) in [6.45, 7) is 2.01. The average molecular weight is 307 g/mol. The van der Waals surface area contributed by atoms with E-state index < -0.39 is 0 Å². The highest BCUT2D eigenvalue weighted by Crippen LogP contribution is 2.43. The van der Waals surface area contributed by atoms with Crippen LogP contribution in [0.5, 0.6) is 17.2 Å². The van der Waals surface area contributed by atoms with Crippen molar-refractivity contribution in [3.05, 3.63) is 12.4 Å². The molecule has 0 aliphatic heterocycles. The van der Waals surface area contributed by atoms with Crippen LogP contribution >= 0.6 is 0 Å². The largest absolute Gasteiger partial charge is 0.493 e. The quantitative estimate of drug-likeness (QED) is 0.807. The van der Waals surface area contributed by atoms with Gasteiger partial charge in [-0.3, -0.25) is 0 Å². The van der Waals surface area contributed by atoms with Crippen molar-refractivity contribution in [2.75, 3.05) is 33.3 Å². The fourth-order valence-electron chi connectivity index (χ4n) is 2.25. The number of rotatable bonds is 7. The van der Waals surface area contributed by atoms with E-state index in [9.17, 15) is 5.11 Å². The lowest BCUT2D eigenvalue weighted by Crippen LogP contribution is -2.23. The molecule has 1 unspecified atom stereocenters. The summed E-state index contributed by atoms with van der Waals surface area (Å²) in [5, 5.41) is 13.3. The highest BCUT2D eigenvalue weighted by Gasteiger charge is 2.20. The second-order valence-corrected chi connectivity index (χ2v) is 4.70. The minimum absolute atomic E-state index is 0.0203. The van der Waals surface area contributed by atoms with E-state index in [0.29, 0.717) is 28.6 Å². The van der Waals surface area contributed by atoms with Crippen molar-refractivity contribution in [1.82, 2.24) is 9.97 Å². The van der Waals surface area contributed by atoms with Crippen LogP contribution < -0.4 is 19.5 Å². The lowest BCUT2D eigenvalue weighted by atomic mass is 10.1. The number of anilines is 1. The van der Waals surface area contributed by atoms with Crippen molar-refractivity contribution in [2.45, 2.75) is 19.4 Å². The summed E-state index contributed by atoms with van der Waals surface area (Å²) in [5.41, 5.74) is 0.616. The highest BCUT2D eigenvalue weighted by molar-refractivity contribution is 5.96. The zero-order chi connectivity index (χ0) is 16.1. The molecule has 0 aliphatic carbocycles. The molecule has 0 aliphatic rings. The van der Waals surface area contributed by atoms with E-state index in [1.165, 1.54) is 6.33 Å². The van der Waals surface area contributed by atoms with E-state index in [4.69, 9.17) is 14.2 Å². The Bertz CT molecular complexity index is 644. The van der Waals surface area contributed by atoms with Crippen LogP contribution in [0.15, 0.2) is 12.4 Å². The van der Waals surface area contributed by atoms with Crippen molar-refractivity contribution >= 4 is 16.7 Å². The van der Waals surface area contributed by atoms with Gasteiger partial charge in [-0.05, 0) is 12.5 Å². The van der Waals surface area contributed by atoms with Crippen LogP contribution in [0.25, 0.3) is 10.9 Å². The number of fused-ring (bicyclic) bond motifs is 1. The third-order valence-electron chi connectivity index (χ3n) is 3.49. The van der Waals surface area contributed by atoms with Crippen LogP contribution in [0.4, 0.5) is 5.82 Å². The zero-order valence-corrected chi connectivity index (χ0v) is 13.2. The first kappa shape index (κ1) is 16.1. The number of benzene rings is 1. The van der Waals surface area contributed by atoms with Crippen LogP contribution in [-0.4, -0.2) is 49.1 Å². The van der Waals surface area contributed by atoms with Gasteiger partial charge in [-0.2, -0.15) is 0 Å². The molecule has 0 bridgehead atoms. The number of hydrogen-bond donors (Lipinski definition) is 2. The molecule has 0 saturated heterocycles. The number of nitrogens with zero attached hydrogens (tertiary/aromatic N) is 2. The van der Waals surface area contributed by atoms with Crippen molar-refractivity contribution in [3.63, 3.8) is 0 Å². The van der Waals surface area contributed by atoms with E-state index in [2.05, 4.69) is 15.3 Å². The normalized spacial score (nSPS) is 12.0. The first-order chi connectivity index (χ1) is 10.7. The van der Waals surface area contributed by atoms with Gasteiger partial charge in [-0.15, -0.1) is 0 Å². The van der Waals surface area contributed by atoms with Gasteiger partial charge in [0.1, 0.15) is 17.7 Å². The van der Waals surface area contributed by atoms with Crippen LogP contribution in [0.1, 0.15) is 13.3 Å². The third-order valence-corrected chi connectivity index (χ3v) is 3.49. The summed E-state index contributed by atoms with van der Waals surface area (Å²) in [6.07, 6.45) is 2.22. The number of hydrogen-bond acceptors (Lipinski definition) is 7. The van der Waals surface area contributed by atoms with Gasteiger partial charge < -0.3 is 24.6 Å². The van der Waals surface area contributed by atoms with E-state index in [-0.39, 0.29) is 12.6 Å². The van der Waals surface area contributed by atoms with E-state index >= 15 is 0 Å². The first-order valence-electron chi connectivity index (χ1n) is 7.01. The van der Waals surface area contributed by atoms with Crippen molar-refractivity contribution < 1.29 is 19.3 Å². The summed E-state index contributed by atoms with van der Waals surface area (Å²) >= 11 is 0. The molecule has 0 radical (unpaired) electrons. The summed E-state index contributed by atoms with van der Waals surface area (Å²) < 4.78 is 16.2. The summed E-state index contributed by atoms with van der Waals surface area (Å²) in [7, 11) is 4.66. The van der Waals surface area contributed by atoms with Crippen molar-refractivity contribution in [1.29, 1.82) is 0 Å². The number of ether oxygens (including phenoxy) is 3. The van der Waals surface area contributed by atoms with Crippen LogP contribution in [0.2, 0.25) is 0 Å². The number of aliphatic hydroxyl groups is 1. The average Bonchev–Trinajstić information content (AvgIpc) is 2.57. The Balaban J connectivity index is 2.65. The predicted molar refractivity (Wildman–Crippen MR) is 84.0 cm³/mol. The molecular weight excluding hydrogens is 286 g/mol. The highest BCUT2D eigenvalue weighted by atomic mass is 16.5. The summed E-state index contributed by atoms with van der Waals surface area (Å²) in [6, 6.07) is 1.71. The zero-order valence-electron chi connectivity index (χ0n) is 13.2. The monoisotopic (exact) mass is 307 g/mol. The van der Waals surface area contributed by atoms with Gasteiger partial charge in [0.2, 0.25) is 5.75 Å². The number of aliphatic hydroxyl groups excluding tert-OH is 1. The SMILES string of the molecule is CCC(CO)Nc1ncnc2c(OC)c(OC)c(OC)cc12. The molecule has 0 saturated carbocycles. The standard InChI is InChI=1S/C15H21N3O4/c1-5-9(7-19)18-15-10-6-11(20-2)13(21-3)14(22-4)12(10)16-8-17-15/h6,8-9,19H,5,7H2,1-4H3,(H,16,17,18). The van der Waals surface area contributed by atoms with Gasteiger partial charge in [-0.1, -0.05) is 6.92 Å². The van der Waals surface area contributed by atoms with E-state index in [1.54, 1.807) is 27.4 Å². The molecule has 2 rings (SSSR count). The van der Waals surface area contributed by atoms with Gasteiger partial charge >= 0.3 is 0 Å². The Labute approximate surface area is 129 Å². The van der Waals surface area contributed by atoms with E-state index in [1.807, 2.05) is 6.92 Å². The van der Waals surface area contributed by atoms with Crippen LogP contribution in [0.3, 0.4) is 0 Å². The van der Waals surface area contributed by atoms with Gasteiger partial charge in [0.15, 0.2) is 11.5 Å². The summed E-state index contributed by atoms with van der Waals surface area (Å²) in [5.74, 6) is 2.11. The Kier molecular flexibility index (Phi) is 5.21. The maximum absolute atomic E-state index is 9.37. The lowest BCUT2D eigenvalue weighted by Gasteiger charge is -2.18. The smallest absolute Gasteiger partial charge is 0.205 e. The van der Waals surface area contributed by atoms with Gasteiger partial charge in [0.25, 0.3) is 0 Å². The Morgan fingerprint density at radius 1 is 1.14 bits per heavy atom. The molecule has 2 N–H and O–H groups in total. The number of nitrogens with one attached hydrogen (secondary N) is 1. The molecule has 0 amide bonds. The predicted octanol–water partition coefficient (Wildman–Crippen LogP) is 1.84. The minimum Gasteiger partial charge on any atom is -0.493 e. The topological polar surface area (TPSA) is 85.7 Å². The number of methoxy groups -OCH3 is 3. The Morgan fingerprint density at radius 3 is 2.41 bits per heavy atom. The van der Waals surface area contributed by atoms with Gasteiger partial charge in [0.05, 0.1) is 39.4 Å². The van der Waals surface area contributed by atoms with Crippen LogP contribution in [0, 0.1) is 0 Å². The Hall–Kier alpha value is -2.28. The minimum atomic E-state index is -0.0859. The number of aromatic nitrogens is 2. The molecule has 22 heavy (non-hydrogen) atoms. The molecule has 7 nitrogen and oxygen atoms in total. The van der Waals surface area contributed by atoms with Gasteiger partial charge in [0, 0.05) is 0 Å². The molecule has 120 valence electrons. The molecule has 1 aromatic carbocycles. The molecule has 2 aromatic rings. The fourth-order valence-corrected chi connectivity index (χ4v) is 2.25. The van der Waals surface area contributed by atoms with Crippen LogP contribution in [-0.2, 0) is 0 Å². The second kappa shape index (κ2) is 7.13. The maximum atomic E-state index is 9.37. The molecule has 0 fully saturated rings. The third kappa shape index (κ3) is 2.85. The van der Waals surface area contributed by atoms with Crippen molar-refractivity contribution in [3.8, 4) is 17.2 Å². The molecule has 1 heterocycles.